The zero-order valence-electron chi connectivity index (χ0n) is 11.1. The second-order valence-electron chi connectivity index (χ2n) is 4.31. The van der Waals surface area contributed by atoms with Gasteiger partial charge >= 0.3 is 0 Å². The number of hydrogen-bond donors (Lipinski definition) is 2. The molecule has 1 heterocycles. The van der Waals surface area contributed by atoms with Crippen LogP contribution in [0.1, 0.15) is 17.2 Å². The summed E-state index contributed by atoms with van der Waals surface area (Å²) < 4.78 is 5.30. The molecule has 0 amide bonds. The lowest BCUT2D eigenvalue weighted by Gasteiger charge is -2.20. The van der Waals surface area contributed by atoms with E-state index in [9.17, 15) is 5.11 Å². The highest BCUT2D eigenvalue weighted by Crippen LogP contribution is 2.28. The monoisotopic (exact) mass is 258 g/mol. The zero-order valence-corrected chi connectivity index (χ0v) is 11.1. The first kappa shape index (κ1) is 13.4. The van der Waals surface area contributed by atoms with E-state index >= 15 is 0 Å². The molecule has 0 saturated carbocycles. The third-order valence-electron chi connectivity index (χ3n) is 3.07. The van der Waals surface area contributed by atoms with Crippen molar-refractivity contribution >= 4 is 5.69 Å². The Bertz CT molecular complexity index is 543. The van der Waals surface area contributed by atoms with Crippen molar-refractivity contribution in [3.8, 4) is 5.75 Å². The quantitative estimate of drug-likeness (QED) is 0.865. The van der Waals surface area contributed by atoms with Crippen LogP contribution in [0, 0.1) is 6.92 Å². The summed E-state index contributed by atoms with van der Waals surface area (Å²) >= 11 is 0. The number of aromatic nitrogens is 1. The zero-order chi connectivity index (χ0) is 13.7. The van der Waals surface area contributed by atoms with Gasteiger partial charge in [0.2, 0.25) is 0 Å². The van der Waals surface area contributed by atoms with Crippen molar-refractivity contribution in [1.29, 1.82) is 0 Å². The Morgan fingerprint density at radius 3 is 2.79 bits per heavy atom. The first-order valence-corrected chi connectivity index (χ1v) is 6.17. The van der Waals surface area contributed by atoms with E-state index in [2.05, 4.69) is 10.3 Å². The van der Waals surface area contributed by atoms with Crippen LogP contribution < -0.4 is 10.1 Å². The fourth-order valence-electron chi connectivity index (χ4n) is 2.01. The van der Waals surface area contributed by atoms with Gasteiger partial charge in [-0.1, -0.05) is 12.1 Å². The van der Waals surface area contributed by atoms with Gasteiger partial charge in [0.1, 0.15) is 5.75 Å². The molecule has 1 atom stereocenters. The van der Waals surface area contributed by atoms with Gasteiger partial charge in [-0.2, -0.15) is 0 Å². The van der Waals surface area contributed by atoms with E-state index in [0.717, 1.165) is 22.6 Å². The van der Waals surface area contributed by atoms with E-state index in [-0.39, 0.29) is 12.6 Å². The van der Waals surface area contributed by atoms with Crippen molar-refractivity contribution < 1.29 is 9.84 Å². The van der Waals surface area contributed by atoms with Crippen LogP contribution >= 0.6 is 0 Å². The molecular formula is C15H18N2O2. The number of para-hydroxylation sites is 2. The summed E-state index contributed by atoms with van der Waals surface area (Å²) in [7, 11) is 1.63. The van der Waals surface area contributed by atoms with Gasteiger partial charge in [-0.3, -0.25) is 4.98 Å². The first-order valence-electron chi connectivity index (χ1n) is 6.17. The minimum Gasteiger partial charge on any atom is -0.495 e. The lowest BCUT2D eigenvalue weighted by molar-refractivity contribution is 0.275. The third kappa shape index (κ3) is 3.03. The molecule has 0 spiro atoms. The fourth-order valence-corrected chi connectivity index (χ4v) is 2.01. The highest BCUT2D eigenvalue weighted by molar-refractivity contribution is 5.57. The van der Waals surface area contributed by atoms with Crippen LogP contribution in [0.4, 0.5) is 5.69 Å². The molecule has 4 nitrogen and oxygen atoms in total. The van der Waals surface area contributed by atoms with Gasteiger partial charge in [0.15, 0.2) is 0 Å². The van der Waals surface area contributed by atoms with Crippen molar-refractivity contribution in [2.24, 2.45) is 0 Å². The molecule has 100 valence electrons. The number of aliphatic hydroxyl groups is 1. The SMILES string of the molecule is COc1ccccc1NC(CO)c1cnccc1C. The molecule has 0 fully saturated rings. The van der Waals surface area contributed by atoms with Gasteiger partial charge in [-0.05, 0) is 36.2 Å². The third-order valence-corrected chi connectivity index (χ3v) is 3.07. The number of ether oxygens (including phenoxy) is 1. The van der Waals surface area contributed by atoms with Crippen molar-refractivity contribution in [3.63, 3.8) is 0 Å². The molecule has 19 heavy (non-hydrogen) atoms. The molecule has 1 aromatic carbocycles. The predicted molar refractivity (Wildman–Crippen MR) is 75.4 cm³/mol. The Morgan fingerprint density at radius 2 is 2.11 bits per heavy atom. The Kier molecular flexibility index (Phi) is 4.36. The molecular weight excluding hydrogens is 240 g/mol. The molecule has 4 heteroatoms. The standard InChI is InChI=1S/C15H18N2O2/c1-11-7-8-16-9-12(11)14(10-18)17-13-5-3-4-6-15(13)19-2/h3-9,14,17-18H,10H2,1-2H3. The molecule has 0 aliphatic heterocycles. The van der Waals surface area contributed by atoms with Crippen LogP contribution in [0.15, 0.2) is 42.7 Å². The number of rotatable bonds is 5. The van der Waals surface area contributed by atoms with Gasteiger partial charge in [-0.15, -0.1) is 0 Å². The lowest BCUT2D eigenvalue weighted by Crippen LogP contribution is -2.16. The van der Waals surface area contributed by atoms with Gasteiger partial charge in [-0.25, -0.2) is 0 Å². The number of aliphatic hydroxyl groups excluding tert-OH is 1. The van der Waals surface area contributed by atoms with Crippen molar-refractivity contribution in [3.05, 3.63) is 53.9 Å². The maximum Gasteiger partial charge on any atom is 0.141 e. The van der Waals surface area contributed by atoms with E-state index in [4.69, 9.17) is 4.74 Å². The van der Waals surface area contributed by atoms with E-state index in [1.165, 1.54) is 0 Å². The molecule has 0 aliphatic carbocycles. The summed E-state index contributed by atoms with van der Waals surface area (Å²) in [4.78, 5) is 4.12. The first-order chi connectivity index (χ1) is 9.26. The van der Waals surface area contributed by atoms with E-state index in [1.807, 2.05) is 37.3 Å². The van der Waals surface area contributed by atoms with Crippen LogP contribution in [0.3, 0.4) is 0 Å². The van der Waals surface area contributed by atoms with Crippen LogP contribution in [-0.4, -0.2) is 23.8 Å². The number of methoxy groups -OCH3 is 1. The Hall–Kier alpha value is -2.07. The van der Waals surface area contributed by atoms with Crippen LogP contribution in [0.25, 0.3) is 0 Å². The summed E-state index contributed by atoms with van der Waals surface area (Å²) in [6, 6.07) is 9.37. The normalized spacial score (nSPS) is 11.9. The van der Waals surface area contributed by atoms with Gasteiger partial charge in [0.05, 0.1) is 25.4 Å². The molecule has 1 unspecified atom stereocenters. The summed E-state index contributed by atoms with van der Waals surface area (Å²) in [6.07, 6.45) is 3.52. The van der Waals surface area contributed by atoms with Gasteiger partial charge in [0, 0.05) is 12.4 Å². The second-order valence-corrected chi connectivity index (χ2v) is 4.31. The summed E-state index contributed by atoms with van der Waals surface area (Å²) in [5, 5.41) is 12.9. The maximum atomic E-state index is 9.60. The molecule has 1 aromatic heterocycles. The molecule has 0 bridgehead atoms. The van der Waals surface area contributed by atoms with E-state index in [0.29, 0.717) is 0 Å². The Labute approximate surface area is 113 Å². The molecule has 0 saturated heterocycles. The van der Waals surface area contributed by atoms with Gasteiger partial charge in [0.25, 0.3) is 0 Å². The highest BCUT2D eigenvalue weighted by Gasteiger charge is 2.14. The molecule has 0 aliphatic rings. The topological polar surface area (TPSA) is 54.4 Å². The Balaban J connectivity index is 2.27. The summed E-state index contributed by atoms with van der Waals surface area (Å²) in [6.45, 7) is 1.99. The average Bonchev–Trinajstić information content (AvgIpc) is 2.46. The van der Waals surface area contributed by atoms with Crippen LogP contribution in [0.5, 0.6) is 5.75 Å². The minimum absolute atomic E-state index is 0.00934. The smallest absolute Gasteiger partial charge is 0.141 e. The second kappa shape index (κ2) is 6.20. The maximum absolute atomic E-state index is 9.60. The summed E-state index contributed by atoms with van der Waals surface area (Å²) in [5.41, 5.74) is 2.93. The number of nitrogens with zero attached hydrogens (tertiary/aromatic N) is 1. The Morgan fingerprint density at radius 1 is 1.32 bits per heavy atom. The number of aryl methyl sites for hydroxylation is 1. The molecule has 2 N–H and O–H groups in total. The minimum atomic E-state index is -0.204. The predicted octanol–water partition coefficient (Wildman–Crippen LogP) is 2.54. The lowest BCUT2D eigenvalue weighted by atomic mass is 10.0. The van der Waals surface area contributed by atoms with Crippen molar-refractivity contribution in [2.75, 3.05) is 19.0 Å². The van der Waals surface area contributed by atoms with E-state index < -0.39 is 0 Å². The van der Waals surface area contributed by atoms with Crippen molar-refractivity contribution in [2.45, 2.75) is 13.0 Å². The average molecular weight is 258 g/mol. The highest BCUT2D eigenvalue weighted by atomic mass is 16.5. The number of benzene rings is 1. The number of nitrogens with one attached hydrogen (secondary N) is 1. The fraction of sp³-hybridized carbons (Fsp3) is 0.267. The molecule has 2 aromatic rings. The van der Waals surface area contributed by atoms with Crippen LogP contribution in [-0.2, 0) is 0 Å². The van der Waals surface area contributed by atoms with E-state index in [1.54, 1.807) is 19.5 Å². The van der Waals surface area contributed by atoms with Crippen molar-refractivity contribution in [1.82, 2.24) is 4.98 Å². The molecule has 0 radical (unpaired) electrons. The largest absolute Gasteiger partial charge is 0.495 e. The number of anilines is 1. The van der Waals surface area contributed by atoms with Crippen LogP contribution in [0.2, 0.25) is 0 Å². The molecule has 2 rings (SSSR count). The van der Waals surface area contributed by atoms with Gasteiger partial charge < -0.3 is 15.2 Å². The summed E-state index contributed by atoms with van der Waals surface area (Å²) in [5.74, 6) is 0.752. The number of pyridine rings is 1. The number of hydrogen-bond acceptors (Lipinski definition) is 4.